The van der Waals surface area contributed by atoms with Crippen LogP contribution in [0.4, 0.5) is 0 Å². The van der Waals surface area contributed by atoms with Crippen LogP contribution in [0, 0.1) is 0 Å². The summed E-state index contributed by atoms with van der Waals surface area (Å²) in [5.41, 5.74) is 13.0. The van der Waals surface area contributed by atoms with Crippen molar-refractivity contribution in [2.24, 2.45) is 11.5 Å². The van der Waals surface area contributed by atoms with Crippen LogP contribution in [0.1, 0.15) is 11.1 Å². The van der Waals surface area contributed by atoms with Crippen LogP contribution < -0.4 is 22.1 Å². The molecule has 0 bridgehead atoms. The third kappa shape index (κ3) is 4.37. The highest BCUT2D eigenvalue weighted by Gasteiger charge is 2.06. The molecule has 0 amide bonds. The first-order valence-electron chi connectivity index (χ1n) is 7.20. The average molecular weight is 312 g/mol. The molecule has 2 rings (SSSR count). The molecule has 0 saturated heterocycles. The highest BCUT2D eigenvalue weighted by molar-refractivity contribution is 7.61. The number of hydrogen-bond acceptors (Lipinski definition) is 3. The second-order valence-electron chi connectivity index (χ2n) is 4.99. The Morgan fingerprint density at radius 3 is 1.41 bits per heavy atom. The average Bonchev–Trinajstić information content (AvgIpc) is 2.58. The highest BCUT2D eigenvalue weighted by Crippen LogP contribution is 2.20. The van der Waals surface area contributed by atoms with Gasteiger partial charge in [-0.2, -0.15) is 0 Å². The Hall–Kier alpha value is -2.25. The molecule has 3 nitrogen and oxygen atoms in total. The van der Waals surface area contributed by atoms with Crippen molar-refractivity contribution in [2.45, 2.75) is 12.8 Å². The van der Waals surface area contributed by atoms with Gasteiger partial charge in [0.1, 0.15) is 7.80 Å². The lowest BCUT2D eigenvalue weighted by molar-refractivity contribution is 0.598. The highest BCUT2D eigenvalue weighted by atomic mass is 31.1. The maximum absolute atomic E-state index is 12.6. The summed E-state index contributed by atoms with van der Waals surface area (Å²) in [4.78, 5) is 0. The van der Waals surface area contributed by atoms with Crippen LogP contribution >= 0.6 is 7.80 Å². The maximum Gasteiger partial charge on any atom is 0.131 e. The molecule has 0 aliphatic carbocycles. The van der Waals surface area contributed by atoms with Gasteiger partial charge in [0.25, 0.3) is 0 Å². The smallest absolute Gasteiger partial charge is 0.131 e. The Labute approximate surface area is 132 Å². The summed E-state index contributed by atoms with van der Waals surface area (Å²) in [6.07, 6.45) is 8.46. The van der Waals surface area contributed by atoms with E-state index in [-0.39, 0.29) is 0 Å². The molecule has 0 saturated carbocycles. The monoisotopic (exact) mass is 312 g/mol. The first-order chi connectivity index (χ1) is 10.7. The number of allylic oxidation sites excluding steroid dienone is 2. The normalized spacial score (nSPS) is 11.7. The molecule has 114 valence electrons. The molecule has 0 heterocycles. The van der Waals surface area contributed by atoms with E-state index in [1.807, 2.05) is 60.7 Å². The molecule has 0 fully saturated rings. The zero-order chi connectivity index (χ0) is 15.8. The van der Waals surface area contributed by atoms with E-state index in [9.17, 15) is 4.57 Å². The molecule has 2 aromatic carbocycles. The largest absolute Gasteiger partial charge is 0.405 e. The molecule has 0 radical (unpaired) electrons. The molecule has 0 unspecified atom stereocenters. The van der Waals surface area contributed by atoms with E-state index in [4.69, 9.17) is 11.5 Å². The van der Waals surface area contributed by atoms with Gasteiger partial charge in [0.05, 0.1) is 0 Å². The lowest BCUT2D eigenvalue weighted by Gasteiger charge is -2.05. The minimum absolute atomic E-state index is 0.793. The summed E-state index contributed by atoms with van der Waals surface area (Å²) < 4.78 is 12.6. The molecular weight excluding hydrogens is 291 g/mol. The number of hydrogen-bond donors (Lipinski definition) is 2. The molecular formula is C18H21N2OP. The van der Waals surface area contributed by atoms with Gasteiger partial charge in [-0.05, 0) is 36.4 Å². The van der Waals surface area contributed by atoms with Crippen LogP contribution in [0.2, 0.25) is 0 Å². The third-order valence-electron chi connectivity index (χ3n) is 3.41. The van der Waals surface area contributed by atoms with Crippen LogP contribution in [0.3, 0.4) is 0 Å². The van der Waals surface area contributed by atoms with Crippen LogP contribution in [0.25, 0.3) is 0 Å². The van der Waals surface area contributed by atoms with Crippen molar-refractivity contribution in [3.63, 3.8) is 0 Å². The topological polar surface area (TPSA) is 69.1 Å². The molecule has 0 atom stereocenters. The van der Waals surface area contributed by atoms with Crippen LogP contribution in [0.15, 0.2) is 73.1 Å². The van der Waals surface area contributed by atoms with Crippen molar-refractivity contribution in [2.75, 3.05) is 0 Å². The van der Waals surface area contributed by atoms with Gasteiger partial charge in [-0.3, -0.25) is 0 Å². The van der Waals surface area contributed by atoms with Gasteiger partial charge in [-0.1, -0.05) is 60.7 Å². The van der Waals surface area contributed by atoms with Gasteiger partial charge in [0.15, 0.2) is 0 Å². The first kappa shape index (κ1) is 16.1. The van der Waals surface area contributed by atoms with Gasteiger partial charge in [0, 0.05) is 10.6 Å². The van der Waals surface area contributed by atoms with Crippen molar-refractivity contribution >= 4 is 18.4 Å². The second kappa shape index (κ2) is 8.26. The van der Waals surface area contributed by atoms with Gasteiger partial charge < -0.3 is 16.0 Å². The van der Waals surface area contributed by atoms with E-state index in [1.165, 1.54) is 12.4 Å². The van der Waals surface area contributed by atoms with Crippen LogP contribution in [0.5, 0.6) is 0 Å². The predicted octanol–water partition coefficient (Wildman–Crippen LogP) is 2.23. The van der Waals surface area contributed by atoms with Crippen molar-refractivity contribution in [1.29, 1.82) is 0 Å². The fourth-order valence-electron chi connectivity index (χ4n) is 2.16. The predicted molar refractivity (Wildman–Crippen MR) is 95.2 cm³/mol. The SMILES string of the molecule is N/C=C/Cc1ccc([PH](=O)c2ccc(C/C=C/N)cc2)cc1. The van der Waals surface area contributed by atoms with Gasteiger partial charge >= 0.3 is 0 Å². The summed E-state index contributed by atoms with van der Waals surface area (Å²) in [6.45, 7) is 0. The van der Waals surface area contributed by atoms with Crippen LogP contribution in [-0.4, -0.2) is 0 Å². The maximum atomic E-state index is 12.6. The lowest BCUT2D eigenvalue weighted by Crippen LogP contribution is -2.06. The van der Waals surface area contributed by atoms with Crippen LogP contribution in [-0.2, 0) is 17.4 Å². The van der Waals surface area contributed by atoms with E-state index in [1.54, 1.807) is 0 Å². The molecule has 0 aromatic heterocycles. The molecule has 0 aliphatic heterocycles. The van der Waals surface area contributed by atoms with E-state index < -0.39 is 7.80 Å². The lowest BCUT2D eigenvalue weighted by atomic mass is 10.1. The summed E-state index contributed by atoms with van der Waals surface area (Å²) >= 11 is 0. The number of nitrogens with two attached hydrogens (primary N) is 2. The molecule has 0 aliphatic rings. The fraction of sp³-hybridized carbons (Fsp3) is 0.111. The summed E-state index contributed by atoms with van der Waals surface area (Å²) in [6, 6.07) is 15.7. The van der Waals surface area contributed by atoms with Gasteiger partial charge in [-0.15, -0.1) is 0 Å². The van der Waals surface area contributed by atoms with E-state index in [2.05, 4.69) is 0 Å². The first-order valence-corrected chi connectivity index (χ1v) is 8.61. The standard InChI is InChI=1S/C18H21N2OP/c19-13-1-3-15-5-9-17(10-6-15)22(21)18-11-7-16(8-12-18)4-2-14-20/h1-2,5-14,22H,3-4,19-20H2/b13-1+,14-2+. The minimum atomic E-state index is -1.95. The summed E-state index contributed by atoms with van der Waals surface area (Å²) in [5, 5.41) is 1.75. The van der Waals surface area contributed by atoms with Crippen molar-refractivity contribution in [3.8, 4) is 0 Å². The Kier molecular flexibility index (Phi) is 6.05. The molecule has 2 aromatic rings. The van der Waals surface area contributed by atoms with Gasteiger partial charge in [0.2, 0.25) is 0 Å². The Morgan fingerprint density at radius 1 is 0.727 bits per heavy atom. The molecule has 4 N–H and O–H groups in total. The molecule has 22 heavy (non-hydrogen) atoms. The quantitative estimate of drug-likeness (QED) is 0.804. The van der Waals surface area contributed by atoms with Gasteiger partial charge in [-0.25, -0.2) is 0 Å². The van der Waals surface area contributed by atoms with Crippen molar-refractivity contribution in [1.82, 2.24) is 0 Å². The van der Waals surface area contributed by atoms with E-state index in [0.717, 1.165) is 34.6 Å². The fourth-order valence-corrected chi connectivity index (χ4v) is 3.43. The molecule has 0 spiro atoms. The van der Waals surface area contributed by atoms with E-state index in [0.29, 0.717) is 0 Å². The Balaban J connectivity index is 2.10. The van der Waals surface area contributed by atoms with E-state index >= 15 is 0 Å². The minimum Gasteiger partial charge on any atom is -0.405 e. The number of rotatable bonds is 6. The Bertz CT molecular complexity index is 614. The molecule has 4 heteroatoms. The summed E-state index contributed by atoms with van der Waals surface area (Å²) in [7, 11) is -1.95. The van der Waals surface area contributed by atoms with Crippen molar-refractivity contribution in [3.05, 3.63) is 84.2 Å². The second-order valence-corrected chi connectivity index (χ2v) is 6.80. The number of benzene rings is 2. The zero-order valence-corrected chi connectivity index (χ0v) is 13.4. The van der Waals surface area contributed by atoms with Crippen molar-refractivity contribution < 1.29 is 4.57 Å². The zero-order valence-electron chi connectivity index (χ0n) is 12.4. The Morgan fingerprint density at radius 2 is 1.09 bits per heavy atom. The third-order valence-corrected chi connectivity index (χ3v) is 5.13. The summed E-state index contributed by atoms with van der Waals surface area (Å²) in [5.74, 6) is 0.